The van der Waals surface area contributed by atoms with E-state index in [0.29, 0.717) is 28.3 Å². The van der Waals surface area contributed by atoms with Crippen molar-refractivity contribution in [1.82, 2.24) is 0 Å². The largest absolute Gasteiger partial charge is 0.493 e. The number of aldehydes is 1. The maximum Gasteiger partial charge on any atom is 0.344 e. The first-order chi connectivity index (χ1) is 13.3. The van der Waals surface area contributed by atoms with Gasteiger partial charge in [-0.15, -0.1) is 0 Å². The van der Waals surface area contributed by atoms with Crippen LogP contribution in [-0.2, 0) is 14.3 Å². The van der Waals surface area contributed by atoms with Crippen molar-refractivity contribution in [2.45, 2.75) is 20.0 Å². The van der Waals surface area contributed by atoms with Crippen molar-refractivity contribution >= 4 is 35.5 Å². The SMILES string of the molecule is COc1cc(C=O)ccc1OCC(=O)O[C@H](C)C(=O)Nc1cc(Cl)ccc1C. The number of anilines is 1. The predicted octanol–water partition coefficient (Wildman–Crippen LogP) is 3.42. The Balaban J connectivity index is 1.91. The number of esters is 1. The topological polar surface area (TPSA) is 90.9 Å². The van der Waals surface area contributed by atoms with Crippen LogP contribution in [0.5, 0.6) is 11.5 Å². The monoisotopic (exact) mass is 405 g/mol. The Hall–Kier alpha value is -3.06. The van der Waals surface area contributed by atoms with E-state index >= 15 is 0 Å². The predicted molar refractivity (Wildman–Crippen MR) is 104 cm³/mol. The van der Waals surface area contributed by atoms with Crippen molar-refractivity contribution in [3.05, 3.63) is 52.5 Å². The lowest BCUT2D eigenvalue weighted by Crippen LogP contribution is -2.31. The molecule has 0 fully saturated rings. The van der Waals surface area contributed by atoms with E-state index in [2.05, 4.69) is 5.32 Å². The van der Waals surface area contributed by atoms with Gasteiger partial charge >= 0.3 is 5.97 Å². The van der Waals surface area contributed by atoms with Crippen LogP contribution in [0.3, 0.4) is 0 Å². The molecule has 0 saturated carbocycles. The van der Waals surface area contributed by atoms with Crippen molar-refractivity contribution < 1.29 is 28.6 Å². The maximum absolute atomic E-state index is 12.2. The Morgan fingerprint density at radius 1 is 1.18 bits per heavy atom. The van der Waals surface area contributed by atoms with Crippen molar-refractivity contribution in [2.24, 2.45) is 0 Å². The van der Waals surface area contributed by atoms with Crippen LogP contribution in [0, 0.1) is 6.92 Å². The average molecular weight is 406 g/mol. The van der Waals surface area contributed by atoms with Crippen molar-refractivity contribution in [1.29, 1.82) is 0 Å². The van der Waals surface area contributed by atoms with E-state index in [1.165, 1.54) is 32.2 Å². The number of halogens is 1. The quantitative estimate of drug-likeness (QED) is 0.534. The first-order valence-corrected chi connectivity index (χ1v) is 8.74. The minimum Gasteiger partial charge on any atom is -0.493 e. The summed E-state index contributed by atoms with van der Waals surface area (Å²) in [7, 11) is 1.42. The minimum absolute atomic E-state index is 0.275. The Kier molecular flexibility index (Phi) is 7.40. The molecule has 2 rings (SSSR count). The molecule has 1 N–H and O–H groups in total. The molecule has 1 atom stereocenters. The molecule has 8 heteroatoms. The van der Waals surface area contributed by atoms with Crippen LogP contribution in [0.2, 0.25) is 5.02 Å². The standard InChI is InChI=1S/C20H20ClNO6/c1-12-4-6-15(21)9-16(12)22-20(25)13(2)28-19(24)11-27-17-7-5-14(10-23)8-18(17)26-3/h4-10,13H,11H2,1-3H3,(H,22,25)/t13-/m1/s1. The van der Waals surface area contributed by atoms with Gasteiger partial charge in [-0.2, -0.15) is 0 Å². The van der Waals surface area contributed by atoms with Gasteiger partial charge in [0, 0.05) is 16.3 Å². The number of hydrogen-bond acceptors (Lipinski definition) is 6. The molecule has 0 spiro atoms. The summed E-state index contributed by atoms with van der Waals surface area (Å²) in [5, 5.41) is 3.15. The van der Waals surface area contributed by atoms with Gasteiger partial charge in [0.05, 0.1) is 7.11 Å². The summed E-state index contributed by atoms with van der Waals surface area (Å²) < 4.78 is 15.6. The van der Waals surface area contributed by atoms with E-state index in [4.69, 9.17) is 25.8 Å². The zero-order chi connectivity index (χ0) is 20.7. The second-order valence-electron chi connectivity index (χ2n) is 5.90. The number of hydrogen-bond donors (Lipinski definition) is 1. The van der Waals surface area contributed by atoms with E-state index in [1.807, 2.05) is 6.92 Å². The number of carbonyl (C=O) groups is 3. The van der Waals surface area contributed by atoms with Gasteiger partial charge in [-0.1, -0.05) is 17.7 Å². The highest BCUT2D eigenvalue weighted by Gasteiger charge is 2.19. The molecule has 0 aliphatic heterocycles. The third-order valence-electron chi connectivity index (χ3n) is 3.80. The molecule has 0 aliphatic rings. The fourth-order valence-electron chi connectivity index (χ4n) is 2.26. The molecule has 0 saturated heterocycles. The number of amides is 1. The van der Waals surface area contributed by atoms with E-state index < -0.39 is 24.6 Å². The summed E-state index contributed by atoms with van der Waals surface area (Å²) >= 11 is 5.92. The molecule has 0 aliphatic carbocycles. The summed E-state index contributed by atoms with van der Waals surface area (Å²) in [6.45, 7) is 2.84. The number of ether oxygens (including phenoxy) is 3. The van der Waals surface area contributed by atoms with E-state index in [0.717, 1.165) is 5.56 Å². The normalized spacial score (nSPS) is 11.3. The Morgan fingerprint density at radius 2 is 1.93 bits per heavy atom. The molecule has 7 nitrogen and oxygen atoms in total. The van der Waals surface area contributed by atoms with Crippen LogP contribution in [0.1, 0.15) is 22.8 Å². The third-order valence-corrected chi connectivity index (χ3v) is 4.04. The minimum atomic E-state index is -1.03. The van der Waals surface area contributed by atoms with Gasteiger partial charge in [-0.3, -0.25) is 9.59 Å². The average Bonchev–Trinajstić information content (AvgIpc) is 2.68. The molecule has 148 valence electrons. The van der Waals surface area contributed by atoms with Crippen LogP contribution >= 0.6 is 11.6 Å². The molecule has 0 aromatic heterocycles. The maximum atomic E-state index is 12.2. The highest BCUT2D eigenvalue weighted by molar-refractivity contribution is 6.31. The Morgan fingerprint density at radius 3 is 2.61 bits per heavy atom. The van der Waals surface area contributed by atoms with Crippen LogP contribution < -0.4 is 14.8 Å². The number of aryl methyl sites for hydroxylation is 1. The van der Waals surface area contributed by atoms with Crippen molar-refractivity contribution in [3.63, 3.8) is 0 Å². The number of carbonyl (C=O) groups excluding carboxylic acids is 3. The molecular weight excluding hydrogens is 386 g/mol. The molecule has 28 heavy (non-hydrogen) atoms. The second-order valence-corrected chi connectivity index (χ2v) is 6.33. The van der Waals surface area contributed by atoms with E-state index in [-0.39, 0.29) is 5.75 Å². The molecular formula is C20H20ClNO6. The molecule has 0 unspecified atom stereocenters. The summed E-state index contributed by atoms with van der Waals surface area (Å²) in [5.41, 5.74) is 1.77. The molecule has 0 bridgehead atoms. The van der Waals surface area contributed by atoms with Crippen LogP contribution in [0.15, 0.2) is 36.4 Å². The summed E-state index contributed by atoms with van der Waals surface area (Å²) in [4.78, 5) is 35.0. The second kappa shape index (κ2) is 9.75. The summed E-state index contributed by atoms with van der Waals surface area (Å²) in [6.07, 6.45) is -0.364. The first kappa shape index (κ1) is 21.2. The van der Waals surface area contributed by atoms with Gasteiger partial charge in [-0.05, 0) is 49.7 Å². The summed E-state index contributed by atoms with van der Waals surface area (Å²) in [6, 6.07) is 9.61. The fourth-order valence-corrected chi connectivity index (χ4v) is 2.43. The van der Waals surface area contributed by atoms with E-state index in [1.54, 1.807) is 18.2 Å². The summed E-state index contributed by atoms with van der Waals surface area (Å²) in [5.74, 6) is -0.644. The van der Waals surface area contributed by atoms with Gasteiger partial charge in [0.2, 0.25) is 0 Å². The lowest BCUT2D eigenvalue weighted by Gasteiger charge is -2.15. The van der Waals surface area contributed by atoms with Crippen LogP contribution in [-0.4, -0.2) is 38.0 Å². The number of methoxy groups -OCH3 is 1. The smallest absolute Gasteiger partial charge is 0.344 e. The lowest BCUT2D eigenvalue weighted by atomic mass is 10.2. The van der Waals surface area contributed by atoms with E-state index in [9.17, 15) is 14.4 Å². The Bertz CT molecular complexity index is 883. The highest BCUT2D eigenvalue weighted by Crippen LogP contribution is 2.27. The third kappa shape index (κ3) is 5.72. The molecule has 2 aromatic carbocycles. The molecule has 1 amide bonds. The van der Waals surface area contributed by atoms with Gasteiger partial charge < -0.3 is 19.5 Å². The molecule has 0 radical (unpaired) electrons. The fraction of sp³-hybridized carbons (Fsp3) is 0.250. The first-order valence-electron chi connectivity index (χ1n) is 8.36. The molecule has 2 aromatic rings. The van der Waals surface area contributed by atoms with Gasteiger partial charge in [-0.25, -0.2) is 4.79 Å². The number of nitrogens with one attached hydrogen (secondary N) is 1. The zero-order valence-electron chi connectivity index (χ0n) is 15.7. The Labute approximate surface area is 167 Å². The van der Waals surface area contributed by atoms with Gasteiger partial charge in [0.15, 0.2) is 24.2 Å². The number of rotatable bonds is 8. The number of benzene rings is 2. The lowest BCUT2D eigenvalue weighted by molar-refractivity contribution is -0.155. The van der Waals surface area contributed by atoms with Crippen molar-refractivity contribution in [2.75, 3.05) is 19.0 Å². The highest BCUT2D eigenvalue weighted by atomic mass is 35.5. The van der Waals surface area contributed by atoms with Gasteiger partial charge in [0.1, 0.15) is 6.29 Å². The zero-order valence-corrected chi connectivity index (χ0v) is 16.4. The van der Waals surface area contributed by atoms with Crippen LogP contribution in [0.25, 0.3) is 0 Å². The van der Waals surface area contributed by atoms with Crippen molar-refractivity contribution in [3.8, 4) is 11.5 Å². The van der Waals surface area contributed by atoms with Crippen LogP contribution in [0.4, 0.5) is 5.69 Å². The molecule has 0 heterocycles. The van der Waals surface area contributed by atoms with Gasteiger partial charge in [0.25, 0.3) is 5.91 Å².